The summed E-state index contributed by atoms with van der Waals surface area (Å²) in [5.41, 5.74) is 0. The fraction of sp³-hybridized carbons (Fsp3) is 0.750. The molecule has 2 aliphatic heterocycles. The minimum Gasteiger partial charge on any atom is -0.379 e. The Morgan fingerprint density at radius 2 is 2.07 bits per heavy atom. The number of morpholine rings is 1. The summed E-state index contributed by atoms with van der Waals surface area (Å²) in [5.74, 6) is 1.19. The third-order valence-electron chi connectivity index (χ3n) is 5.83. The Hall–Kier alpha value is -1.93. The van der Waals surface area contributed by atoms with Gasteiger partial charge in [-0.05, 0) is 19.8 Å². The molecule has 156 valence electrons. The Balaban J connectivity index is 1.43. The SMILES string of the molecule is Cc1nccn1CCN(C)C(=O)[C@@H]1CCC(=O)N(CCCN2CCOCC2)C1. The van der Waals surface area contributed by atoms with Crippen LogP contribution in [0.2, 0.25) is 0 Å². The first kappa shape index (κ1) is 20.8. The number of aryl methyl sites for hydroxylation is 1. The second kappa shape index (κ2) is 10.0. The molecule has 0 spiro atoms. The summed E-state index contributed by atoms with van der Waals surface area (Å²) in [6, 6.07) is 0. The van der Waals surface area contributed by atoms with Gasteiger partial charge in [-0.15, -0.1) is 0 Å². The lowest BCUT2D eigenvalue weighted by molar-refractivity contribution is -0.142. The van der Waals surface area contributed by atoms with Gasteiger partial charge in [0.1, 0.15) is 5.82 Å². The van der Waals surface area contributed by atoms with Gasteiger partial charge in [-0.3, -0.25) is 14.5 Å². The molecule has 0 radical (unpaired) electrons. The van der Waals surface area contributed by atoms with Crippen LogP contribution in [0.25, 0.3) is 0 Å². The molecule has 28 heavy (non-hydrogen) atoms. The number of carbonyl (C=O) groups is 2. The molecular formula is C20H33N5O3. The molecule has 8 heteroatoms. The highest BCUT2D eigenvalue weighted by Gasteiger charge is 2.31. The molecule has 1 atom stereocenters. The fourth-order valence-corrected chi connectivity index (χ4v) is 3.96. The second-order valence-electron chi connectivity index (χ2n) is 7.81. The third kappa shape index (κ3) is 5.54. The van der Waals surface area contributed by atoms with Crippen molar-refractivity contribution in [2.45, 2.75) is 32.7 Å². The van der Waals surface area contributed by atoms with E-state index in [0.717, 1.165) is 58.2 Å². The average Bonchev–Trinajstić information content (AvgIpc) is 3.12. The largest absolute Gasteiger partial charge is 0.379 e. The molecule has 2 fully saturated rings. The molecule has 2 amide bonds. The van der Waals surface area contributed by atoms with Crippen LogP contribution in [0.4, 0.5) is 0 Å². The van der Waals surface area contributed by atoms with Crippen molar-refractivity contribution < 1.29 is 14.3 Å². The van der Waals surface area contributed by atoms with Crippen molar-refractivity contribution in [3.05, 3.63) is 18.2 Å². The number of aromatic nitrogens is 2. The van der Waals surface area contributed by atoms with Crippen molar-refractivity contribution in [1.82, 2.24) is 24.3 Å². The van der Waals surface area contributed by atoms with E-state index in [2.05, 4.69) is 9.88 Å². The second-order valence-corrected chi connectivity index (χ2v) is 7.81. The van der Waals surface area contributed by atoms with E-state index in [0.29, 0.717) is 25.9 Å². The number of likely N-dealkylation sites (N-methyl/N-ethyl adjacent to an activating group) is 1. The molecule has 0 saturated carbocycles. The van der Waals surface area contributed by atoms with Crippen LogP contribution in [0, 0.1) is 12.8 Å². The van der Waals surface area contributed by atoms with Crippen LogP contribution in [0.3, 0.4) is 0 Å². The average molecular weight is 392 g/mol. The normalized spacial score (nSPS) is 21.1. The number of carbonyl (C=O) groups excluding carboxylic acids is 2. The standard InChI is InChI=1S/C20H33N5O3/c1-17-21-6-9-24(17)11-10-22(2)20(27)18-4-5-19(26)25(16-18)8-3-7-23-12-14-28-15-13-23/h6,9,18H,3-5,7-8,10-16H2,1-2H3/t18-/m1/s1. The van der Waals surface area contributed by atoms with Gasteiger partial charge in [-0.1, -0.05) is 0 Å². The molecule has 0 unspecified atom stereocenters. The molecule has 2 aliphatic rings. The van der Waals surface area contributed by atoms with E-state index in [4.69, 9.17) is 4.74 Å². The van der Waals surface area contributed by atoms with Crippen LogP contribution in [0.1, 0.15) is 25.1 Å². The molecular weight excluding hydrogens is 358 g/mol. The Morgan fingerprint density at radius 3 is 2.79 bits per heavy atom. The lowest BCUT2D eigenvalue weighted by atomic mass is 9.96. The summed E-state index contributed by atoms with van der Waals surface area (Å²) in [6.07, 6.45) is 5.79. The van der Waals surface area contributed by atoms with Crippen molar-refractivity contribution >= 4 is 11.8 Å². The van der Waals surface area contributed by atoms with Gasteiger partial charge in [0.25, 0.3) is 0 Å². The zero-order valence-electron chi connectivity index (χ0n) is 17.2. The van der Waals surface area contributed by atoms with E-state index >= 15 is 0 Å². The quantitative estimate of drug-likeness (QED) is 0.649. The third-order valence-corrected chi connectivity index (χ3v) is 5.83. The fourth-order valence-electron chi connectivity index (χ4n) is 3.96. The lowest BCUT2D eigenvalue weighted by Gasteiger charge is -2.34. The Bertz CT molecular complexity index is 656. The summed E-state index contributed by atoms with van der Waals surface area (Å²) in [7, 11) is 1.85. The summed E-state index contributed by atoms with van der Waals surface area (Å²) in [6.45, 7) is 9.15. The highest BCUT2D eigenvalue weighted by Crippen LogP contribution is 2.20. The summed E-state index contributed by atoms with van der Waals surface area (Å²) >= 11 is 0. The van der Waals surface area contributed by atoms with Gasteiger partial charge in [-0.25, -0.2) is 4.98 Å². The van der Waals surface area contributed by atoms with Crippen molar-refractivity contribution in [3.63, 3.8) is 0 Å². The van der Waals surface area contributed by atoms with Crippen LogP contribution in [-0.4, -0.2) is 95.6 Å². The Kier molecular flexibility index (Phi) is 7.44. The van der Waals surface area contributed by atoms with E-state index in [-0.39, 0.29) is 17.7 Å². The van der Waals surface area contributed by atoms with Crippen molar-refractivity contribution in [2.24, 2.45) is 5.92 Å². The smallest absolute Gasteiger partial charge is 0.227 e. The number of ether oxygens (including phenoxy) is 1. The number of hydrogen-bond acceptors (Lipinski definition) is 5. The molecule has 3 rings (SSSR count). The zero-order chi connectivity index (χ0) is 19.9. The minimum absolute atomic E-state index is 0.0880. The predicted octanol–water partition coefficient (Wildman–Crippen LogP) is 0.611. The Labute approximate surface area is 167 Å². The van der Waals surface area contributed by atoms with Crippen LogP contribution >= 0.6 is 0 Å². The van der Waals surface area contributed by atoms with Gasteiger partial charge >= 0.3 is 0 Å². The number of nitrogens with zero attached hydrogens (tertiary/aromatic N) is 5. The highest BCUT2D eigenvalue weighted by atomic mass is 16.5. The maximum atomic E-state index is 12.9. The number of piperidine rings is 1. The lowest BCUT2D eigenvalue weighted by Crippen LogP contribution is -2.47. The summed E-state index contributed by atoms with van der Waals surface area (Å²) < 4.78 is 7.42. The Morgan fingerprint density at radius 1 is 1.29 bits per heavy atom. The first-order valence-corrected chi connectivity index (χ1v) is 10.3. The van der Waals surface area contributed by atoms with Gasteiger partial charge in [0.15, 0.2) is 0 Å². The molecule has 1 aromatic heterocycles. The van der Waals surface area contributed by atoms with Crippen molar-refractivity contribution in [3.8, 4) is 0 Å². The van der Waals surface area contributed by atoms with E-state index in [9.17, 15) is 9.59 Å². The van der Waals surface area contributed by atoms with Crippen molar-refractivity contribution in [1.29, 1.82) is 0 Å². The van der Waals surface area contributed by atoms with Gasteiger partial charge in [0.2, 0.25) is 11.8 Å². The van der Waals surface area contributed by atoms with Crippen molar-refractivity contribution in [2.75, 3.05) is 59.5 Å². The number of hydrogen-bond donors (Lipinski definition) is 0. The summed E-state index contributed by atoms with van der Waals surface area (Å²) in [4.78, 5) is 35.4. The zero-order valence-corrected chi connectivity index (χ0v) is 17.2. The summed E-state index contributed by atoms with van der Waals surface area (Å²) in [5, 5.41) is 0. The van der Waals surface area contributed by atoms with Crippen LogP contribution in [-0.2, 0) is 20.9 Å². The number of imidazole rings is 1. The van der Waals surface area contributed by atoms with E-state index in [1.54, 1.807) is 11.1 Å². The monoisotopic (exact) mass is 391 g/mol. The molecule has 0 bridgehead atoms. The first-order chi connectivity index (χ1) is 13.5. The molecule has 8 nitrogen and oxygen atoms in total. The molecule has 3 heterocycles. The van der Waals surface area contributed by atoms with Crippen LogP contribution in [0.5, 0.6) is 0 Å². The van der Waals surface area contributed by atoms with E-state index in [1.807, 2.05) is 29.6 Å². The number of amides is 2. The maximum Gasteiger partial charge on any atom is 0.227 e. The molecule has 0 N–H and O–H groups in total. The maximum absolute atomic E-state index is 12.9. The van der Waals surface area contributed by atoms with E-state index in [1.165, 1.54) is 0 Å². The van der Waals surface area contributed by atoms with Gasteiger partial charge in [0.05, 0.1) is 19.1 Å². The van der Waals surface area contributed by atoms with Crippen LogP contribution in [0.15, 0.2) is 12.4 Å². The number of likely N-dealkylation sites (tertiary alicyclic amines) is 1. The topological polar surface area (TPSA) is 70.9 Å². The number of rotatable bonds is 8. The van der Waals surface area contributed by atoms with Crippen LogP contribution < -0.4 is 0 Å². The molecule has 1 aromatic rings. The minimum atomic E-state index is -0.0880. The molecule has 0 aromatic carbocycles. The van der Waals surface area contributed by atoms with Gasteiger partial charge in [-0.2, -0.15) is 0 Å². The highest BCUT2D eigenvalue weighted by molar-refractivity contribution is 5.83. The van der Waals surface area contributed by atoms with E-state index < -0.39 is 0 Å². The van der Waals surface area contributed by atoms with Gasteiger partial charge < -0.3 is 19.1 Å². The molecule has 2 saturated heterocycles. The van der Waals surface area contributed by atoms with Gasteiger partial charge in [0, 0.05) is 71.7 Å². The first-order valence-electron chi connectivity index (χ1n) is 10.3. The predicted molar refractivity (Wildman–Crippen MR) is 106 cm³/mol. The molecule has 0 aliphatic carbocycles.